The monoisotopic (exact) mass is 401 g/mol. The maximum absolute atomic E-state index is 13.4. The van der Waals surface area contributed by atoms with Gasteiger partial charge in [0.1, 0.15) is 5.82 Å². The summed E-state index contributed by atoms with van der Waals surface area (Å²) >= 11 is 0. The third-order valence-corrected chi connectivity index (χ3v) is 4.91. The lowest BCUT2D eigenvalue weighted by Crippen LogP contribution is -2.48. The van der Waals surface area contributed by atoms with Gasteiger partial charge in [-0.25, -0.2) is 13.2 Å². The van der Waals surface area contributed by atoms with Gasteiger partial charge in [0, 0.05) is 44.4 Å². The lowest BCUT2D eigenvalue weighted by molar-refractivity contribution is 0.0618. The van der Waals surface area contributed by atoms with Crippen molar-refractivity contribution in [2.45, 2.75) is 6.54 Å². The van der Waals surface area contributed by atoms with E-state index in [2.05, 4.69) is 10.1 Å². The third kappa shape index (κ3) is 4.32. The molecule has 2 heterocycles. The SMILES string of the molecule is O=C(c1cc(-c2ccc(F)c(F)c2)on1)N1CCN(Cc2ccc(F)cc2)CC1. The van der Waals surface area contributed by atoms with E-state index in [0.29, 0.717) is 38.3 Å². The van der Waals surface area contributed by atoms with Gasteiger partial charge < -0.3 is 9.42 Å². The highest BCUT2D eigenvalue weighted by molar-refractivity contribution is 5.93. The van der Waals surface area contributed by atoms with Crippen LogP contribution in [0.3, 0.4) is 0 Å². The van der Waals surface area contributed by atoms with E-state index < -0.39 is 11.6 Å². The molecule has 0 saturated carbocycles. The third-order valence-electron chi connectivity index (χ3n) is 4.91. The number of piperazine rings is 1. The molecule has 1 fully saturated rings. The van der Waals surface area contributed by atoms with Crippen LogP contribution in [-0.2, 0) is 6.54 Å². The van der Waals surface area contributed by atoms with E-state index in [0.717, 1.165) is 17.7 Å². The summed E-state index contributed by atoms with van der Waals surface area (Å²) in [6.45, 7) is 3.08. The molecule has 4 rings (SSSR count). The van der Waals surface area contributed by atoms with Gasteiger partial charge in [-0.1, -0.05) is 17.3 Å². The van der Waals surface area contributed by atoms with E-state index in [4.69, 9.17) is 4.52 Å². The molecule has 8 heteroatoms. The lowest BCUT2D eigenvalue weighted by Gasteiger charge is -2.34. The van der Waals surface area contributed by atoms with Crippen molar-refractivity contribution >= 4 is 5.91 Å². The van der Waals surface area contributed by atoms with E-state index in [-0.39, 0.29) is 23.2 Å². The van der Waals surface area contributed by atoms with Crippen molar-refractivity contribution in [1.29, 1.82) is 0 Å². The second kappa shape index (κ2) is 8.08. The fourth-order valence-corrected chi connectivity index (χ4v) is 3.28. The molecule has 0 aliphatic carbocycles. The average molecular weight is 401 g/mol. The quantitative estimate of drug-likeness (QED) is 0.669. The molecule has 29 heavy (non-hydrogen) atoms. The number of rotatable bonds is 4. The molecule has 5 nitrogen and oxygen atoms in total. The van der Waals surface area contributed by atoms with Gasteiger partial charge in [-0.2, -0.15) is 0 Å². The minimum absolute atomic E-state index is 0.122. The first-order valence-electron chi connectivity index (χ1n) is 9.18. The number of hydrogen-bond acceptors (Lipinski definition) is 4. The smallest absolute Gasteiger partial charge is 0.276 e. The first-order chi connectivity index (χ1) is 14.0. The van der Waals surface area contributed by atoms with Crippen LogP contribution in [0.1, 0.15) is 16.1 Å². The number of carbonyl (C=O) groups is 1. The zero-order chi connectivity index (χ0) is 20.4. The molecule has 1 aliphatic heterocycles. The second-order valence-electron chi connectivity index (χ2n) is 6.90. The van der Waals surface area contributed by atoms with Crippen LogP contribution in [0.5, 0.6) is 0 Å². The highest BCUT2D eigenvalue weighted by Crippen LogP contribution is 2.23. The van der Waals surface area contributed by atoms with Crippen molar-refractivity contribution in [3.05, 3.63) is 77.2 Å². The number of carbonyl (C=O) groups excluding carboxylic acids is 1. The molecule has 2 aromatic carbocycles. The maximum Gasteiger partial charge on any atom is 0.276 e. The largest absolute Gasteiger partial charge is 0.355 e. The predicted octanol–water partition coefficient (Wildman–Crippen LogP) is 3.72. The standard InChI is InChI=1S/C21H18F3N3O2/c22-16-4-1-14(2-5-16)13-26-7-9-27(10-8-26)21(28)19-12-20(29-25-19)15-3-6-17(23)18(24)11-15/h1-6,11-12H,7-10,13H2. The van der Waals surface area contributed by atoms with Crippen LogP contribution in [0.25, 0.3) is 11.3 Å². The Kier molecular flexibility index (Phi) is 5.35. The van der Waals surface area contributed by atoms with Gasteiger partial charge in [0.25, 0.3) is 5.91 Å². The summed E-state index contributed by atoms with van der Waals surface area (Å²) in [7, 11) is 0. The molecule has 0 atom stereocenters. The molecule has 1 saturated heterocycles. The summed E-state index contributed by atoms with van der Waals surface area (Å²) < 4.78 is 44.6. The van der Waals surface area contributed by atoms with Crippen molar-refractivity contribution in [2.24, 2.45) is 0 Å². The lowest BCUT2D eigenvalue weighted by atomic mass is 10.1. The molecule has 150 valence electrons. The number of aromatic nitrogens is 1. The number of halogens is 3. The molecule has 0 spiro atoms. The highest BCUT2D eigenvalue weighted by Gasteiger charge is 2.25. The molecular weight excluding hydrogens is 383 g/mol. The number of amides is 1. The summed E-state index contributed by atoms with van der Waals surface area (Å²) in [5, 5.41) is 3.78. The molecule has 0 radical (unpaired) electrons. The van der Waals surface area contributed by atoms with Crippen molar-refractivity contribution in [2.75, 3.05) is 26.2 Å². The van der Waals surface area contributed by atoms with Gasteiger partial charge in [-0.05, 0) is 35.9 Å². The second-order valence-corrected chi connectivity index (χ2v) is 6.90. The van der Waals surface area contributed by atoms with Crippen LogP contribution in [0, 0.1) is 17.5 Å². The summed E-state index contributed by atoms with van der Waals surface area (Å²) in [5.41, 5.74) is 1.44. The number of benzene rings is 2. The molecule has 0 bridgehead atoms. The van der Waals surface area contributed by atoms with E-state index >= 15 is 0 Å². The summed E-state index contributed by atoms with van der Waals surface area (Å²) in [6, 6.07) is 11.2. The molecule has 0 N–H and O–H groups in total. The van der Waals surface area contributed by atoms with E-state index in [1.807, 2.05) is 0 Å². The Bertz CT molecular complexity index is 1010. The first-order valence-corrected chi connectivity index (χ1v) is 9.18. The topological polar surface area (TPSA) is 49.6 Å². The Morgan fingerprint density at radius 3 is 2.34 bits per heavy atom. The maximum atomic E-state index is 13.4. The molecule has 1 aromatic heterocycles. The fourth-order valence-electron chi connectivity index (χ4n) is 3.28. The zero-order valence-corrected chi connectivity index (χ0v) is 15.4. The van der Waals surface area contributed by atoms with Crippen molar-refractivity contribution in [3.63, 3.8) is 0 Å². The van der Waals surface area contributed by atoms with Crippen LogP contribution in [0.4, 0.5) is 13.2 Å². The Hall–Kier alpha value is -3.13. The first kappa shape index (κ1) is 19.2. The Morgan fingerprint density at radius 1 is 0.931 bits per heavy atom. The van der Waals surface area contributed by atoms with Gasteiger partial charge in [-0.3, -0.25) is 9.69 Å². The average Bonchev–Trinajstić information content (AvgIpc) is 3.22. The predicted molar refractivity (Wildman–Crippen MR) is 99.4 cm³/mol. The van der Waals surface area contributed by atoms with Crippen molar-refractivity contribution in [1.82, 2.24) is 15.0 Å². The summed E-state index contributed by atoms with van der Waals surface area (Å²) in [6.07, 6.45) is 0. The Labute approximate surface area is 165 Å². The van der Waals surface area contributed by atoms with Gasteiger partial charge in [0.2, 0.25) is 0 Å². The van der Waals surface area contributed by atoms with Crippen molar-refractivity contribution < 1.29 is 22.5 Å². The Balaban J connectivity index is 1.36. The van der Waals surface area contributed by atoms with E-state index in [9.17, 15) is 18.0 Å². The minimum atomic E-state index is -0.996. The zero-order valence-electron chi connectivity index (χ0n) is 15.4. The van der Waals surface area contributed by atoms with Gasteiger partial charge in [0.15, 0.2) is 23.1 Å². The van der Waals surface area contributed by atoms with Crippen LogP contribution < -0.4 is 0 Å². The minimum Gasteiger partial charge on any atom is -0.355 e. The van der Waals surface area contributed by atoms with Crippen LogP contribution >= 0.6 is 0 Å². The summed E-state index contributed by atoms with van der Waals surface area (Å²) in [5.74, 6) is -2.29. The Morgan fingerprint density at radius 2 is 1.66 bits per heavy atom. The molecular formula is C21H18F3N3O2. The molecule has 1 amide bonds. The van der Waals surface area contributed by atoms with Crippen molar-refractivity contribution in [3.8, 4) is 11.3 Å². The van der Waals surface area contributed by atoms with Gasteiger partial charge >= 0.3 is 0 Å². The van der Waals surface area contributed by atoms with E-state index in [1.165, 1.54) is 24.3 Å². The molecule has 1 aliphatic rings. The van der Waals surface area contributed by atoms with E-state index in [1.54, 1.807) is 17.0 Å². The van der Waals surface area contributed by atoms with Crippen LogP contribution in [0.2, 0.25) is 0 Å². The fraction of sp³-hybridized carbons (Fsp3) is 0.238. The summed E-state index contributed by atoms with van der Waals surface area (Å²) in [4.78, 5) is 16.5. The van der Waals surface area contributed by atoms with Gasteiger partial charge in [0.05, 0.1) is 0 Å². The highest BCUT2D eigenvalue weighted by atomic mass is 19.2. The van der Waals surface area contributed by atoms with Crippen LogP contribution in [-0.4, -0.2) is 47.0 Å². The normalized spacial score (nSPS) is 14.9. The molecule has 0 unspecified atom stereocenters. The van der Waals surface area contributed by atoms with Crippen LogP contribution in [0.15, 0.2) is 53.1 Å². The number of hydrogen-bond donors (Lipinski definition) is 0. The molecule has 3 aromatic rings. The number of nitrogens with zero attached hydrogens (tertiary/aromatic N) is 3. The van der Waals surface area contributed by atoms with Gasteiger partial charge in [-0.15, -0.1) is 0 Å².